The monoisotopic (exact) mass is 443 g/mol. The first-order valence-electron chi connectivity index (χ1n) is 10.9. The Kier molecular flexibility index (Phi) is 8.23. The van der Waals surface area contributed by atoms with Crippen LogP contribution in [0.3, 0.4) is 0 Å². The molecular weight excluding hydrogens is 410 g/mol. The van der Waals surface area contributed by atoms with E-state index in [1.165, 1.54) is 31.5 Å². The van der Waals surface area contributed by atoms with Crippen LogP contribution in [0.1, 0.15) is 46.8 Å². The standard InChI is InChI=1S/C24H33N3O3S/c1-19-12-15-27(16-13-19)18-22-5-3-21(4-6-22)17-25-24(28)23-9-7-20(8-10-23)11-14-26-31(2,29)30/h3-10,19,26H,11-18H2,1-2H3,(H,25,28). The predicted molar refractivity (Wildman–Crippen MR) is 124 cm³/mol. The van der Waals surface area contributed by atoms with E-state index < -0.39 is 10.0 Å². The summed E-state index contributed by atoms with van der Waals surface area (Å²) < 4.78 is 24.7. The number of nitrogens with zero attached hydrogens (tertiary/aromatic N) is 1. The summed E-state index contributed by atoms with van der Waals surface area (Å²) in [6.45, 7) is 6.50. The Bertz CT molecular complexity index is 949. The molecule has 168 valence electrons. The van der Waals surface area contributed by atoms with Crippen LogP contribution in [-0.2, 0) is 29.5 Å². The molecular formula is C24H33N3O3S. The molecule has 1 amide bonds. The van der Waals surface area contributed by atoms with Crippen LogP contribution in [0, 0.1) is 5.92 Å². The number of carbonyl (C=O) groups is 1. The summed E-state index contributed by atoms with van der Waals surface area (Å²) in [6, 6.07) is 15.7. The van der Waals surface area contributed by atoms with Gasteiger partial charge < -0.3 is 5.32 Å². The Morgan fingerprint density at radius 1 is 0.968 bits per heavy atom. The molecule has 6 nitrogen and oxygen atoms in total. The zero-order valence-electron chi connectivity index (χ0n) is 18.4. The molecule has 0 spiro atoms. The molecule has 0 saturated carbocycles. The van der Waals surface area contributed by atoms with Gasteiger partial charge in [-0.3, -0.25) is 9.69 Å². The lowest BCUT2D eigenvalue weighted by Crippen LogP contribution is -2.32. The largest absolute Gasteiger partial charge is 0.348 e. The maximum atomic E-state index is 12.4. The number of amides is 1. The molecule has 0 aromatic heterocycles. The molecule has 0 bridgehead atoms. The fraction of sp³-hybridized carbons (Fsp3) is 0.458. The van der Waals surface area contributed by atoms with Gasteiger partial charge in [0.05, 0.1) is 6.26 Å². The van der Waals surface area contributed by atoms with Crippen molar-refractivity contribution in [3.05, 3.63) is 70.8 Å². The summed E-state index contributed by atoms with van der Waals surface area (Å²) in [6.07, 6.45) is 4.28. The van der Waals surface area contributed by atoms with Gasteiger partial charge in [-0.15, -0.1) is 0 Å². The first-order valence-corrected chi connectivity index (χ1v) is 12.8. The van der Waals surface area contributed by atoms with Crippen molar-refractivity contribution >= 4 is 15.9 Å². The molecule has 1 heterocycles. The topological polar surface area (TPSA) is 78.5 Å². The maximum Gasteiger partial charge on any atom is 0.251 e. The van der Waals surface area contributed by atoms with Crippen LogP contribution in [0.4, 0.5) is 0 Å². The van der Waals surface area contributed by atoms with Crippen LogP contribution in [0.15, 0.2) is 48.5 Å². The third-order valence-corrected chi connectivity index (χ3v) is 6.48. The van der Waals surface area contributed by atoms with Crippen molar-refractivity contribution in [2.24, 2.45) is 5.92 Å². The first kappa shape index (κ1) is 23.4. The maximum absolute atomic E-state index is 12.4. The van der Waals surface area contributed by atoms with Gasteiger partial charge in [0.2, 0.25) is 10.0 Å². The molecule has 7 heteroatoms. The predicted octanol–water partition coefficient (Wildman–Crippen LogP) is 2.94. The van der Waals surface area contributed by atoms with Crippen molar-refractivity contribution in [2.75, 3.05) is 25.9 Å². The van der Waals surface area contributed by atoms with Crippen LogP contribution >= 0.6 is 0 Å². The van der Waals surface area contributed by atoms with Gasteiger partial charge in [-0.05, 0) is 67.1 Å². The highest BCUT2D eigenvalue weighted by Crippen LogP contribution is 2.18. The molecule has 31 heavy (non-hydrogen) atoms. The molecule has 0 unspecified atom stereocenters. The normalized spacial score (nSPS) is 15.7. The number of hydrogen-bond donors (Lipinski definition) is 2. The Labute approximate surface area is 186 Å². The number of carbonyl (C=O) groups excluding carboxylic acids is 1. The number of hydrogen-bond acceptors (Lipinski definition) is 4. The number of benzene rings is 2. The van der Waals surface area contributed by atoms with E-state index in [-0.39, 0.29) is 5.91 Å². The molecule has 1 saturated heterocycles. The molecule has 1 aliphatic heterocycles. The highest BCUT2D eigenvalue weighted by molar-refractivity contribution is 7.88. The van der Waals surface area contributed by atoms with Crippen LogP contribution < -0.4 is 10.0 Å². The minimum atomic E-state index is -3.18. The van der Waals surface area contributed by atoms with Gasteiger partial charge in [-0.2, -0.15) is 0 Å². The fourth-order valence-electron chi connectivity index (χ4n) is 3.73. The molecule has 0 radical (unpaired) electrons. The first-order chi connectivity index (χ1) is 14.8. The van der Waals surface area contributed by atoms with Gasteiger partial charge in [-0.1, -0.05) is 43.3 Å². The quantitative estimate of drug-likeness (QED) is 0.625. The Morgan fingerprint density at radius 3 is 2.16 bits per heavy atom. The van der Waals surface area contributed by atoms with Gasteiger partial charge >= 0.3 is 0 Å². The smallest absolute Gasteiger partial charge is 0.251 e. The number of sulfonamides is 1. The molecule has 1 aliphatic rings. The van der Waals surface area contributed by atoms with E-state index in [2.05, 4.69) is 46.1 Å². The average molecular weight is 444 g/mol. The lowest BCUT2D eigenvalue weighted by Gasteiger charge is -2.30. The number of piperidine rings is 1. The number of nitrogens with one attached hydrogen (secondary N) is 2. The summed E-state index contributed by atoms with van der Waals surface area (Å²) in [5.41, 5.74) is 3.96. The summed E-state index contributed by atoms with van der Waals surface area (Å²) >= 11 is 0. The van der Waals surface area contributed by atoms with E-state index in [1.807, 2.05) is 12.1 Å². The second-order valence-electron chi connectivity index (χ2n) is 8.57. The lowest BCUT2D eigenvalue weighted by molar-refractivity contribution is 0.0951. The fourth-order valence-corrected chi connectivity index (χ4v) is 4.20. The van der Waals surface area contributed by atoms with E-state index in [4.69, 9.17) is 0 Å². The van der Waals surface area contributed by atoms with Crippen LogP contribution in [0.2, 0.25) is 0 Å². The molecule has 2 aromatic rings. The molecule has 1 fully saturated rings. The van der Waals surface area contributed by atoms with Crippen molar-refractivity contribution < 1.29 is 13.2 Å². The summed E-state index contributed by atoms with van der Waals surface area (Å²) in [5, 5.41) is 2.96. The van der Waals surface area contributed by atoms with Crippen molar-refractivity contribution in [2.45, 2.75) is 39.3 Å². The zero-order chi connectivity index (χ0) is 22.3. The van der Waals surface area contributed by atoms with E-state index in [1.54, 1.807) is 12.1 Å². The molecule has 2 aromatic carbocycles. The number of likely N-dealkylation sites (tertiary alicyclic amines) is 1. The summed E-state index contributed by atoms with van der Waals surface area (Å²) in [4.78, 5) is 14.9. The highest BCUT2D eigenvalue weighted by atomic mass is 32.2. The van der Waals surface area contributed by atoms with Crippen molar-refractivity contribution in [3.8, 4) is 0 Å². The summed E-state index contributed by atoms with van der Waals surface area (Å²) in [5.74, 6) is 0.725. The molecule has 0 atom stereocenters. The second kappa shape index (κ2) is 10.9. The van der Waals surface area contributed by atoms with E-state index in [0.717, 1.165) is 29.8 Å². The van der Waals surface area contributed by atoms with Crippen molar-refractivity contribution in [1.82, 2.24) is 14.9 Å². The van der Waals surface area contributed by atoms with Crippen LogP contribution in [0.5, 0.6) is 0 Å². The lowest BCUT2D eigenvalue weighted by atomic mass is 9.99. The Morgan fingerprint density at radius 2 is 1.55 bits per heavy atom. The van der Waals surface area contributed by atoms with Gasteiger partial charge in [0.15, 0.2) is 0 Å². The minimum absolute atomic E-state index is 0.118. The van der Waals surface area contributed by atoms with Gasteiger partial charge in [0.1, 0.15) is 0 Å². The number of rotatable bonds is 9. The van der Waals surface area contributed by atoms with E-state index >= 15 is 0 Å². The van der Waals surface area contributed by atoms with Crippen LogP contribution in [0.25, 0.3) is 0 Å². The van der Waals surface area contributed by atoms with Gasteiger partial charge in [0, 0.05) is 25.2 Å². The van der Waals surface area contributed by atoms with E-state index in [9.17, 15) is 13.2 Å². The Hall–Kier alpha value is -2.22. The second-order valence-corrected chi connectivity index (χ2v) is 10.4. The third kappa shape index (κ3) is 8.09. The average Bonchev–Trinajstić information content (AvgIpc) is 2.74. The summed E-state index contributed by atoms with van der Waals surface area (Å²) in [7, 11) is -3.18. The SMILES string of the molecule is CC1CCN(Cc2ccc(CNC(=O)c3ccc(CCNS(C)(=O)=O)cc3)cc2)CC1. The van der Waals surface area contributed by atoms with Crippen molar-refractivity contribution in [3.63, 3.8) is 0 Å². The molecule has 3 rings (SSSR count). The van der Waals surface area contributed by atoms with E-state index in [0.29, 0.717) is 25.1 Å². The molecule has 0 aliphatic carbocycles. The highest BCUT2D eigenvalue weighted by Gasteiger charge is 2.15. The van der Waals surface area contributed by atoms with Gasteiger partial charge in [-0.25, -0.2) is 13.1 Å². The molecule has 2 N–H and O–H groups in total. The van der Waals surface area contributed by atoms with Gasteiger partial charge in [0.25, 0.3) is 5.91 Å². The minimum Gasteiger partial charge on any atom is -0.348 e. The Balaban J connectivity index is 1.43. The van der Waals surface area contributed by atoms with Crippen molar-refractivity contribution in [1.29, 1.82) is 0 Å². The third-order valence-electron chi connectivity index (χ3n) is 5.75. The zero-order valence-corrected chi connectivity index (χ0v) is 19.2. The van der Waals surface area contributed by atoms with Crippen LogP contribution in [-0.4, -0.2) is 45.1 Å².